The number of carboxylic acids is 1. The van der Waals surface area contributed by atoms with Crippen molar-refractivity contribution in [1.29, 1.82) is 0 Å². The first-order valence-corrected chi connectivity index (χ1v) is 7.16. The summed E-state index contributed by atoms with van der Waals surface area (Å²) in [5, 5.41) is 8.47. The number of hydrogen-bond acceptors (Lipinski definition) is 4. The maximum atomic E-state index is 12.0. The lowest BCUT2D eigenvalue weighted by atomic mass is 10.3. The zero-order chi connectivity index (χ0) is 15.2. The van der Waals surface area contributed by atoms with E-state index in [1.54, 1.807) is 0 Å². The Morgan fingerprint density at radius 2 is 2.00 bits per heavy atom. The molecule has 108 valence electrons. The summed E-state index contributed by atoms with van der Waals surface area (Å²) in [7, 11) is -2.22. The van der Waals surface area contributed by atoms with Crippen LogP contribution >= 0.6 is 0 Å². The van der Waals surface area contributed by atoms with Crippen molar-refractivity contribution in [3.05, 3.63) is 24.3 Å². The molecule has 0 unspecified atom stereocenters. The Morgan fingerprint density at radius 3 is 2.50 bits per heavy atom. The number of nitrogens with zero attached hydrogens (tertiary/aromatic N) is 1. The monoisotopic (exact) mass is 297 g/mol. The minimum atomic E-state index is -3.61. The fraction of sp³-hybridized carbons (Fsp3) is 0.308. The highest BCUT2D eigenvalue weighted by Gasteiger charge is 2.19. The average Bonchev–Trinajstić information content (AvgIpc) is 2.39. The van der Waals surface area contributed by atoms with Crippen molar-refractivity contribution < 1.29 is 23.1 Å². The van der Waals surface area contributed by atoms with Crippen molar-refractivity contribution in [3.8, 4) is 18.1 Å². The van der Waals surface area contributed by atoms with Gasteiger partial charge < -0.3 is 9.84 Å². The van der Waals surface area contributed by atoms with Gasteiger partial charge in [0.1, 0.15) is 5.75 Å². The van der Waals surface area contributed by atoms with E-state index in [-0.39, 0.29) is 24.5 Å². The van der Waals surface area contributed by atoms with Crippen LogP contribution in [-0.4, -0.2) is 44.0 Å². The second kappa shape index (κ2) is 6.93. The van der Waals surface area contributed by atoms with E-state index in [1.165, 1.54) is 31.3 Å². The molecule has 0 heterocycles. The van der Waals surface area contributed by atoms with Crippen molar-refractivity contribution in [2.24, 2.45) is 0 Å². The van der Waals surface area contributed by atoms with Gasteiger partial charge in [0, 0.05) is 7.05 Å². The van der Waals surface area contributed by atoms with E-state index in [1.807, 2.05) is 0 Å². The smallest absolute Gasteiger partial charge is 0.306 e. The summed E-state index contributed by atoms with van der Waals surface area (Å²) >= 11 is 0. The third-order valence-electron chi connectivity index (χ3n) is 2.43. The summed E-state index contributed by atoms with van der Waals surface area (Å²) in [5.74, 6) is 1.71. The first-order chi connectivity index (χ1) is 9.37. The summed E-state index contributed by atoms with van der Waals surface area (Å²) < 4.78 is 30.3. The predicted octanol–water partition coefficient (Wildman–Crippen LogP) is 0.794. The van der Waals surface area contributed by atoms with Gasteiger partial charge in [0.2, 0.25) is 10.0 Å². The molecule has 1 aromatic carbocycles. The third-order valence-corrected chi connectivity index (χ3v) is 4.25. The third kappa shape index (κ3) is 4.26. The van der Waals surface area contributed by atoms with Crippen LogP contribution < -0.4 is 4.74 Å². The highest BCUT2D eigenvalue weighted by molar-refractivity contribution is 7.89. The number of terminal acetylenes is 1. The molecule has 6 nitrogen and oxygen atoms in total. The number of hydrogen-bond donors (Lipinski definition) is 1. The summed E-state index contributed by atoms with van der Waals surface area (Å²) in [6, 6.07) is 5.72. The molecule has 7 heteroatoms. The van der Waals surface area contributed by atoms with Crippen LogP contribution in [0.1, 0.15) is 6.42 Å². The SMILES string of the molecule is C#CCN(C)S(=O)(=O)c1ccc(OCCC(=O)O)cc1. The molecular formula is C13H15NO5S. The number of benzene rings is 1. The molecule has 0 atom stereocenters. The van der Waals surface area contributed by atoms with Crippen molar-refractivity contribution in [2.75, 3.05) is 20.2 Å². The topological polar surface area (TPSA) is 83.9 Å². The van der Waals surface area contributed by atoms with Gasteiger partial charge in [-0.05, 0) is 24.3 Å². The van der Waals surface area contributed by atoms with E-state index in [2.05, 4.69) is 5.92 Å². The van der Waals surface area contributed by atoms with E-state index >= 15 is 0 Å². The van der Waals surface area contributed by atoms with Gasteiger partial charge in [0.05, 0.1) is 24.5 Å². The molecule has 1 rings (SSSR count). The number of ether oxygens (including phenoxy) is 1. The quantitative estimate of drug-likeness (QED) is 0.752. The Balaban J connectivity index is 2.76. The molecule has 0 fully saturated rings. The van der Waals surface area contributed by atoms with Crippen LogP contribution in [0.25, 0.3) is 0 Å². The minimum absolute atomic E-state index is 0.0147. The summed E-state index contributed by atoms with van der Waals surface area (Å²) in [4.78, 5) is 10.4. The fourth-order valence-corrected chi connectivity index (χ4v) is 2.44. The molecule has 1 aromatic rings. The zero-order valence-electron chi connectivity index (χ0n) is 10.9. The molecule has 0 saturated heterocycles. The Labute approximate surface area is 118 Å². The molecule has 0 amide bonds. The van der Waals surface area contributed by atoms with Crippen LogP contribution in [0, 0.1) is 12.3 Å². The average molecular weight is 297 g/mol. The zero-order valence-corrected chi connectivity index (χ0v) is 11.8. The van der Waals surface area contributed by atoms with Gasteiger partial charge in [-0.25, -0.2) is 8.42 Å². The number of sulfonamides is 1. The lowest BCUT2D eigenvalue weighted by molar-refractivity contribution is -0.137. The van der Waals surface area contributed by atoms with Crippen molar-refractivity contribution in [2.45, 2.75) is 11.3 Å². The molecule has 0 aliphatic heterocycles. The maximum absolute atomic E-state index is 12.0. The summed E-state index contributed by atoms with van der Waals surface area (Å²) in [6.45, 7) is 0.0115. The van der Waals surface area contributed by atoms with E-state index in [9.17, 15) is 13.2 Å². The number of rotatable bonds is 7. The van der Waals surface area contributed by atoms with Crippen LogP contribution in [0.2, 0.25) is 0 Å². The Kier molecular flexibility index (Phi) is 5.55. The highest BCUT2D eigenvalue weighted by atomic mass is 32.2. The summed E-state index contributed by atoms with van der Waals surface area (Å²) in [5.41, 5.74) is 0. The minimum Gasteiger partial charge on any atom is -0.493 e. The molecule has 0 aliphatic carbocycles. The van der Waals surface area contributed by atoms with Gasteiger partial charge in [-0.3, -0.25) is 4.79 Å². The van der Waals surface area contributed by atoms with E-state index in [0.29, 0.717) is 5.75 Å². The van der Waals surface area contributed by atoms with Crippen LogP contribution in [-0.2, 0) is 14.8 Å². The summed E-state index contributed by atoms with van der Waals surface area (Å²) in [6.07, 6.45) is 4.96. The van der Waals surface area contributed by atoms with Gasteiger partial charge in [0.15, 0.2) is 0 Å². The van der Waals surface area contributed by atoms with Crippen LogP contribution in [0.3, 0.4) is 0 Å². The van der Waals surface area contributed by atoms with Gasteiger partial charge in [-0.15, -0.1) is 6.42 Å². The van der Waals surface area contributed by atoms with Gasteiger partial charge >= 0.3 is 5.97 Å². The molecule has 0 saturated carbocycles. The normalized spacial score (nSPS) is 11.1. The largest absolute Gasteiger partial charge is 0.493 e. The van der Waals surface area contributed by atoms with E-state index < -0.39 is 16.0 Å². The molecule has 0 aromatic heterocycles. The van der Waals surface area contributed by atoms with Gasteiger partial charge in [0.25, 0.3) is 0 Å². The Morgan fingerprint density at radius 1 is 1.40 bits per heavy atom. The number of aliphatic carboxylic acids is 1. The van der Waals surface area contributed by atoms with Gasteiger partial charge in [-0.1, -0.05) is 5.92 Å². The lowest BCUT2D eigenvalue weighted by Crippen LogP contribution is -2.27. The maximum Gasteiger partial charge on any atom is 0.306 e. The Hall–Kier alpha value is -2.04. The van der Waals surface area contributed by atoms with Gasteiger partial charge in [-0.2, -0.15) is 4.31 Å². The molecule has 0 radical (unpaired) electrons. The Bertz CT molecular complexity index is 601. The first kappa shape index (κ1) is 16.0. The molecular weight excluding hydrogens is 282 g/mol. The second-order valence-electron chi connectivity index (χ2n) is 3.93. The number of carbonyl (C=O) groups is 1. The van der Waals surface area contributed by atoms with Crippen molar-refractivity contribution in [1.82, 2.24) is 4.31 Å². The predicted molar refractivity (Wildman–Crippen MR) is 72.8 cm³/mol. The molecule has 0 bridgehead atoms. The second-order valence-corrected chi connectivity index (χ2v) is 5.97. The van der Waals surface area contributed by atoms with E-state index in [0.717, 1.165) is 4.31 Å². The van der Waals surface area contributed by atoms with Crippen LogP contribution in [0.5, 0.6) is 5.75 Å². The molecule has 1 N–H and O–H groups in total. The molecule has 20 heavy (non-hydrogen) atoms. The standard InChI is InChI=1S/C13H15NO5S/c1-3-9-14(2)20(17,18)12-6-4-11(5-7-12)19-10-8-13(15)16/h1,4-7H,8-10H2,2H3,(H,15,16). The van der Waals surface area contributed by atoms with Crippen LogP contribution in [0.15, 0.2) is 29.2 Å². The van der Waals surface area contributed by atoms with Crippen molar-refractivity contribution in [3.63, 3.8) is 0 Å². The highest BCUT2D eigenvalue weighted by Crippen LogP contribution is 2.18. The van der Waals surface area contributed by atoms with Crippen LogP contribution in [0.4, 0.5) is 0 Å². The fourth-order valence-electron chi connectivity index (χ4n) is 1.36. The first-order valence-electron chi connectivity index (χ1n) is 5.72. The van der Waals surface area contributed by atoms with Crippen molar-refractivity contribution >= 4 is 16.0 Å². The molecule has 0 spiro atoms. The lowest BCUT2D eigenvalue weighted by Gasteiger charge is -2.14. The molecule has 0 aliphatic rings. The van der Waals surface area contributed by atoms with E-state index in [4.69, 9.17) is 16.3 Å². The number of carboxylic acid groups (broad SMARTS) is 1.